The normalized spacial score (nSPS) is 11.7. The predicted octanol–water partition coefficient (Wildman–Crippen LogP) is 5.82. The van der Waals surface area contributed by atoms with Crippen LogP contribution >= 0.6 is 23.2 Å². The molecule has 0 radical (unpaired) electrons. The Hall–Kier alpha value is -1.26. The highest BCUT2D eigenvalue weighted by Gasteiger charge is 2.34. The first kappa shape index (κ1) is 14.2. The summed E-state index contributed by atoms with van der Waals surface area (Å²) in [5.41, 5.74) is -0.859. The Morgan fingerprint density at radius 1 is 0.895 bits per heavy atom. The minimum Gasteiger partial charge on any atom is -0.206 e. The van der Waals surface area contributed by atoms with Crippen LogP contribution < -0.4 is 0 Å². The summed E-state index contributed by atoms with van der Waals surface area (Å²) >= 11 is 11.7. The van der Waals surface area contributed by atoms with Gasteiger partial charge < -0.3 is 0 Å². The number of rotatable bonds is 1. The van der Waals surface area contributed by atoms with Crippen molar-refractivity contribution < 1.29 is 17.6 Å². The summed E-state index contributed by atoms with van der Waals surface area (Å²) in [7, 11) is 0. The van der Waals surface area contributed by atoms with Gasteiger partial charge in [0.25, 0.3) is 0 Å². The highest BCUT2D eigenvalue weighted by molar-refractivity contribution is 6.35. The van der Waals surface area contributed by atoms with Gasteiger partial charge >= 0.3 is 6.18 Å². The van der Waals surface area contributed by atoms with Crippen LogP contribution in [0.25, 0.3) is 11.1 Å². The summed E-state index contributed by atoms with van der Waals surface area (Å²) in [4.78, 5) is 0. The fourth-order valence-electron chi connectivity index (χ4n) is 1.63. The zero-order valence-electron chi connectivity index (χ0n) is 9.23. The minimum atomic E-state index is -4.76. The minimum absolute atomic E-state index is 0.154. The van der Waals surface area contributed by atoms with Crippen LogP contribution in [-0.2, 0) is 6.18 Å². The molecular weight excluding hydrogens is 303 g/mol. The summed E-state index contributed by atoms with van der Waals surface area (Å²) in [5.74, 6) is -1.32. The van der Waals surface area contributed by atoms with Gasteiger partial charge in [-0.25, -0.2) is 4.39 Å². The van der Waals surface area contributed by atoms with Gasteiger partial charge in [0.2, 0.25) is 0 Å². The molecule has 0 aliphatic rings. The molecule has 0 aromatic heterocycles. The van der Waals surface area contributed by atoms with E-state index < -0.39 is 17.6 Å². The maximum atomic E-state index is 13.2. The van der Waals surface area contributed by atoms with Crippen molar-refractivity contribution in [2.45, 2.75) is 6.18 Å². The van der Waals surface area contributed by atoms with Gasteiger partial charge in [-0.05, 0) is 35.9 Å². The molecule has 0 nitrogen and oxygen atoms in total. The molecule has 2 aromatic rings. The summed E-state index contributed by atoms with van der Waals surface area (Å²) in [6.45, 7) is 0. The average molecular weight is 309 g/mol. The fourth-order valence-corrected chi connectivity index (χ4v) is 2.03. The molecule has 0 aliphatic carbocycles. The maximum absolute atomic E-state index is 13.2. The lowest BCUT2D eigenvalue weighted by molar-refractivity contribution is -0.139. The van der Waals surface area contributed by atoms with Crippen molar-refractivity contribution in [2.24, 2.45) is 0 Å². The second-order valence-electron chi connectivity index (χ2n) is 3.82. The zero-order valence-corrected chi connectivity index (χ0v) is 10.7. The van der Waals surface area contributed by atoms with Crippen LogP contribution in [0, 0.1) is 5.82 Å². The second-order valence-corrected chi connectivity index (χ2v) is 4.66. The van der Waals surface area contributed by atoms with E-state index in [4.69, 9.17) is 23.2 Å². The first-order chi connectivity index (χ1) is 8.79. The Labute approximate surface area is 116 Å². The highest BCUT2D eigenvalue weighted by Crippen LogP contribution is 2.36. The Bertz CT molecular complexity index is 621. The summed E-state index contributed by atoms with van der Waals surface area (Å²) in [6.07, 6.45) is -4.76. The van der Waals surface area contributed by atoms with Gasteiger partial charge in [-0.15, -0.1) is 0 Å². The number of halogens is 6. The van der Waals surface area contributed by atoms with E-state index in [2.05, 4.69) is 0 Å². The SMILES string of the molecule is Fc1ccc(-c2cc(Cl)ccc2Cl)cc1C(F)(F)F. The van der Waals surface area contributed by atoms with Gasteiger partial charge in [0, 0.05) is 15.6 Å². The summed E-state index contributed by atoms with van der Waals surface area (Å²) in [6, 6.07) is 7.11. The topological polar surface area (TPSA) is 0 Å². The van der Waals surface area contributed by atoms with E-state index in [1.165, 1.54) is 24.3 Å². The van der Waals surface area contributed by atoms with Crippen molar-refractivity contribution in [3.05, 3.63) is 57.8 Å². The van der Waals surface area contributed by atoms with E-state index in [1.807, 2.05) is 0 Å². The van der Waals surface area contributed by atoms with Crippen LogP contribution in [-0.4, -0.2) is 0 Å². The van der Waals surface area contributed by atoms with Gasteiger partial charge in [-0.2, -0.15) is 13.2 Å². The Balaban J connectivity index is 2.61. The molecule has 0 saturated carbocycles. The molecule has 0 heterocycles. The molecule has 0 spiro atoms. The molecular formula is C13H6Cl2F4. The molecule has 0 atom stereocenters. The van der Waals surface area contributed by atoms with Crippen molar-refractivity contribution >= 4 is 23.2 Å². The molecule has 0 N–H and O–H groups in total. The second kappa shape index (κ2) is 5.02. The van der Waals surface area contributed by atoms with E-state index in [1.54, 1.807) is 0 Å². The van der Waals surface area contributed by atoms with E-state index in [-0.39, 0.29) is 10.6 Å². The predicted molar refractivity (Wildman–Crippen MR) is 66.9 cm³/mol. The number of hydrogen-bond donors (Lipinski definition) is 0. The first-order valence-corrected chi connectivity index (χ1v) is 5.87. The van der Waals surface area contributed by atoms with Gasteiger partial charge in [0.15, 0.2) is 0 Å². The quantitative estimate of drug-likeness (QED) is 0.582. The van der Waals surface area contributed by atoms with Crippen molar-refractivity contribution in [2.75, 3.05) is 0 Å². The zero-order chi connectivity index (χ0) is 14.2. The van der Waals surface area contributed by atoms with Crippen molar-refractivity contribution in [3.8, 4) is 11.1 Å². The van der Waals surface area contributed by atoms with Crippen LogP contribution in [0.4, 0.5) is 17.6 Å². The van der Waals surface area contributed by atoms with E-state index in [9.17, 15) is 17.6 Å². The van der Waals surface area contributed by atoms with Crippen LogP contribution in [0.5, 0.6) is 0 Å². The average Bonchev–Trinajstić information content (AvgIpc) is 2.31. The Kier molecular flexibility index (Phi) is 3.74. The van der Waals surface area contributed by atoms with Gasteiger partial charge in [0.1, 0.15) is 5.82 Å². The molecule has 0 aliphatic heterocycles. The largest absolute Gasteiger partial charge is 0.419 e. The van der Waals surface area contributed by atoms with E-state index >= 15 is 0 Å². The monoisotopic (exact) mass is 308 g/mol. The maximum Gasteiger partial charge on any atom is 0.419 e. The molecule has 0 unspecified atom stereocenters. The number of alkyl halides is 3. The Morgan fingerprint density at radius 3 is 2.21 bits per heavy atom. The third-order valence-corrected chi connectivity index (χ3v) is 3.08. The van der Waals surface area contributed by atoms with Crippen LogP contribution in [0.2, 0.25) is 10.0 Å². The summed E-state index contributed by atoms with van der Waals surface area (Å²) < 4.78 is 51.1. The molecule has 0 amide bonds. The Morgan fingerprint density at radius 2 is 1.58 bits per heavy atom. The standard InChI is InChI=1S/C13H6Cl2F4/c14-8-2-3-11(15)9(6-8)7-1-4-12(16)10(5-7)13(17,18)19/h1-6H. The van der Waals surface area contributed by atoms with Crippen LogP contribution in [0.1, 0.15) is 5.56 Å². The lowest BCUT2D eigenvalue weighted by Gasteiger charge is -2.11. The lowest BCUT2D eigenvalue weighted by atomic mass is 10.0. The third kappa shape index (κ3) is 3.01. The van der Waals surface area contributed by atoms with E-state index in [0.29, 0.717) is 16.7 Å². The molecule has 19 heavy (non-hydrogen) atoms. The van der Waals surface area contributed by atoms with Crippen molar-refractivity contribution in [1.29, 1.82) is 0 Å². The van der Waals surface area contributed by atoms with Crippen molar-refractivity contribution in [1.82, 2.24) is 0 Å². The van der Waals surface area contributed by atoms with Crippen molar-refractivity contribution in [3.63, 3.8) is 0 Å². The van der Waals surface area contributed by atoms with Gasteiger partial charge in [0.05, 0.1) is 5.56 Å². The van der Waals surface area contributed by atoms with Crippen LogP contribution in [0.3, 0.4) is 0 Å². The van der Waals surface area contributed by atoms with Crippen LogP contribution in [0.15, 0.2) is 36.4 Å². The molecule has 2 rings (SSSR count). The first-order valence-electron chi connectivity index (χ1n) is 5.11. The highest BCUT2D eigenvalue weighted by atomic mass is 35.5. The molecule has 0 bridgehead atoms. The fraction of sp³-hybridized carbons (Fsp3) is 0.0769. The third-order valence-electron chi connectivity index (χ3n) is 2.51. The molecule has 6 heteroatoms. The lowest BCUT2D eigenvalue weighted by Crippen LogP contribution is -2.08. The van der Waals surface area contributed by atoms with E-state index in [0.717, 1.165) is 6.07 Å². The van der Waals surface area contributed by atoms with Gasteiger partial charge in [-0.3, -0.25) is 0 Å². The smallest absolute Gasteiger partial charge is 0.206 e. The molecule has 2 aromatic carbocycles. The number of hydrogen-bond acceptors (Lipinski definition) is 0. The number of benzene rings is 2. The molecule has 100 valence electrons. The summed E-state index contributed by atoms with van der Waals surface area (Å²) in [5, 5.41) is 0.571. The molecule has 0 fully saturated rings. The molecule has 0 saturated heterocycles. The van der Waals surface area contributed by atoms with Gasteiger partial charge in [-0.1, -0.05) is 29.3 Å².